The van der Waals surface area contributed by atoms with Crippen molar-refractivity contribution in [1.29, 1.82) is 0 Å². The molecule has 2 aromatic carbocycles. The predicted molar refractivity (Wildman–Crippen MR) is 83.3 cm³/mol. The van der Waals surface area contributed by atoms with Crippen molar-refractivity contribution in [3.63, 3.8) is 0 Å². The SMILES string of the molecule is O=C(N/N=C\CCc1ccccc1)c1ccc2c(c1)OCO2. The van der Waals surface area contributed by atoms with Gasteiger partial charge in [-0.3, -0.25) is 4.79 Å². The first-order chi connectivity index (χ1) is 10.8. The first-order valence-electron chi connectivity index (χ1n) is 7.08. The van der Waals surface area contributed by atoms with E-state index in [0.29, 0.717) is 17.1 Å². The third-order valence-corrected chi connectivity index (χ3v) is 3.30. The zero-order valence-electron chi connectivity index (χ0n) is 12.0. The number of carbonyl (C=O) groups is 1. The zero-order chi connectivity index (χ0) is 15.2. The molecule has 0 saturated heterocycles. The van der Waals surface area contributed by atoms with E-state index >= 15 is 0 Å². The monoisotopic (exact) mass is 296 g/mol. The molecule has 0 unspecified atom stereocenters. The van der Waals surface area contributed by atoms with Gasteiger partial charge in [0.1, 0.15) is 0 Å². The molecule has 0 aromatic heterocycles. The molecule has 5 nitrogen and oxygen atoms in total. The number of benzene rings is 2. The number of hydrogen-bond donors (Lipinski definition) is 1. The molecule has 0 radical (unpaired) electrons. The van der Waals surface area contributed by atoms with Gasteiger partial charge in [-0.15, -0.1) is 0 Å². The molecule has 0 fully saturated rings. The van der Waals surface area contributed by atoms with E-state index in [4.69, 9.17) is 9.47 Å². The second-order valence-electron chi connectivity index (χ2n) is 4.84. The summed E-state index contributed by atoms with van der Waals surface area (Å²) in [5.41, 5.74) is 4.25. The molecule has 2 aromatic rings. The number of carbonyl (C=O) groups excluding carboxylic acids is 1. The van der Waals surface area contributed by atoms with Crippen LogP contribution in [0.1, 0.15) is 22.3 Å². The summed E-state index contributed by atoms with van der Waals surface area (Å²) in [6.07, 6.45) is 3.37. The average molecular weight is 296 g/mol. The predicted octanol–water partition coefficient (Wildman–Crippen LogP) is 2.76. The molecule has 5 heteroatoms. The number of nitrogens with zero attached hydrogens (tertiary/aromatic N) is 1. The summed E-state index contributed by atoms with van der Waals surface area (Å²) < 4.78 is 10.4. The van der Waals surface area contributed by atoms with Crippen LogP contribution in [0.4, 0.5) is 0 Å². The van der Waals surface area contributed by atoms with Gasteiger partial charge in [-0.25, -0.2) is 5.43 Å². The molecular formula is C17H16N2O3. The number of fused-ring (bicyclic) bond motifs is 1. The lowest BCUT2D eigenvalue weighted by molar-refractivity contribution is 0.0954. The van der Waals surface area contributed by atoms with E-state index in [1.807, 2.05) is 18.2 Å². The van der Waals surface area contributed by atoms with Gasteiger partial charge in [0.15, 0.2) is 11.5 Å². The van der Waals surface area contributed by atoms with E-state index in [2.05, 4.69) is 22.7 Å². The van der Waals surface area contributed by atoms with Gasteiger partial charge in [0.05, 0.1) is 0 Å². The Morgan fingerprint density at radius 1 is 1.14 bits per heavy atom. The fourth-order valence-corrected chi connectivity index (χ4v) is 2.15. The van der Waals surface area contributed by atoms with Crippen molar-refractivity contribution in [2.24, 2.45) is 5.10 Å². The van der Waals surface area contributed by atoms with Gasteiger partial charge in [-0.05, 0) is 36.6 Å². The molecule has 112 valence electrons. The van der Waals surface area contributed by atoms with Gasteiger partial charge >= 0.3 is 0 Å². The maximum absolute atomic E-state index is 12.0. The van der Waals surface area contributed by atoms with Gasteiger partial charge in [-0.1, -0.05) is 30.3 Å². The fraction of sp³-hybridized carbons (Fsp3) is 0.176. The summed E-state index contributed by atoms with van der Waals surface area (Å²) in [6, 6.07) is 15.2. The number of hydrazone groups is 1. The summed E-state index contributed by atoms with van der Waals surface area (Å²) in [5, 5.41) is 3.96. The highest BCUT2D eigenvalue weighted by molar-refractivity contribution is 5.95. The molecular weight excluding hydrogens is 280 g/mol. The van der Waals surface area contributed by atoms with E-state index in [1.165, 1.54) is 5.56 Å². The van der Waals surface area contributed by atoms with Crippen LogP contribution >= 0.6 is 0 Å². The Kier molecular flexibility index (Phi) is 4.34. The van der Waals surface area contributed by atoms with Crippen LogP contribution in [-0.2, 0) is 6.42 Å². The van der Waals surface area contributed by atoms with E-state index in [0.717, 1.165) is 12.8 Å². The highest BCUT2D eigenvalue weighted by atomic mass is 16.7. The van der Waals surface area contributed by atoms with Gasteiger partial charge in [-0.2, -0.15) is 5.10 Å². The van der Waals surface area contributed by atoms with Crippen LogP contribution in [0.2, 0.25) is 0 Å². The van der Waals surface area contributed by atoms with Crippen LogP contribution in [0.25, 0.3) is 0 Å². The van der Waals surface area contributed by atoms with Crippen LogP contribution in [0, 0.1) is 0 Å². The van der Waals surface area contributed by atoms with Crippen LogP contribution in [0.5, 0.6) is 11.5 Å². The minimum absolute atomic E-state index is 0.193. The number of nitrogens with one attached hydrogen (secondary N) is 1. The Bertz CT molecular complexity index is 684. The Morgan fingerprint density at radius 3 is 2.82 bits per heavy atom. The Hall–Kier alpha value is -2.82. The highest BCUT2D eigenvalue weighted by Gasteiger charge is 2.15. The lowest BCUT2D eigenvalue weighted by Gasteiger charge is -2.01. The molecule has 0 bridgehead atoms. The van der Waals surface area contributed by atoms with Gasteiger partial charge in [0, 0.05) is 11.8 Å². The average Bonchev–Trinajstić information content (AvgIpc) is 3.03. The van der Waals surface area contributed by atoms with Crippen molar-refractivity contribution < 1.29 is 14.3 Å². The first-order valence-corrected chi connectivity index (χ1v) is 7.08. The van der Waals surface area contributed by atoms with Crippen molar-refractivity contribution in [3.05, 3.63) is 59.7 Å². The van der Waals surface area contributed by atoms with Crippen LogP contribution in [-0.4, -0.2) is 18.9 Å². The smallest absolute Gasteiger partial charge is 0.271 e. The fourth-order valence-electron chi connectivity index (χ4n) is 2.15. The van der Waals surface area contributed by atoms with E-state index in [9.17, 15) is 4.79 Å². The number of rotatable bonds is 5. The third-order valence-electron chi connectivity index (χ3n) is 3.30. The molecule has 0 spiro atoms. The lowest BCUT2D eigenvalue weighted by Crippen LogP contribution is -2.17. The normalized spacial score (nSPS) is 12.5. The second kappa shape index (κ2) is 6.76. The number of aryl methyl sites for hydroxylation is 1. The van der Waals surface area contributed by atoms with Crippen molar-refractivity contribution in [3.8, 4) is 11.5 Å². The minimum Gasteiger partial charge on any atom is -0.454 e. The number of ether oxygens (including phenoxy) is 2. The van der Waals surface area contributed by atoms with E-state index < -0.39 is 0 Å². The maximum atomic E-state index is 12.0. The summed E-state index contributed by atoms with van der Waals surface area (Å²) in [7, 11) is 0. The second-order valence-corrected chi connectivity index (χ2v) is 4.84. The summed E-state index contributed by atoms with van der Waals surface area (Å²) in [5.74, 6) is 0.970. The Labute approximate surface area is 128 Å². The summed E-state index contributed by atoms with van der Waals surface area (Å²) in [4.78, 5) is 12.0. The number of hydrogen-bond acceptors (Lipinski definition) is 4. The van der Waals surface area contributed by atoms with Crippen molar-refractivity contribution in [1.82, 2.24) is 5.43 Å². The molecule has 0 aliphatic carbocycles. The van der Waals surface area contributed by atoms with Crippen molar-refractivity contribution >= 4 is 12.1 Å². The lowest BCUT2D eigenvalue weighted by atomic mass is 10.1. The molecule has 3 rings (SSSR count). The van der Waals surface area contributed by atoms with Crippen molar-refractivity contribution in [2.75, 3.05) is 6.79 Å². The van der Waals surface area contributed by atoms with Crippen LogP contribution < -0.4 is 14.9 Å². The molecule has 1 aliphatic heterocycles. The molecule has 1 heterocycles. The maximum Gasteiger partial charge on any atom is 0.271 e. The number of amides is 1. The molecule has 1 aliphatic rings. The molecule has 1 N–H and O–H groups in total. The van der Waals surface area contributed by atoms with Gasteiger partial charge in [0.25, 0.3) is 5.91 Å². The third kappa shape index (κ3) is 3.44. The van der Waals surface area contributed by atoms with Crippen LogP contribution in [0.3, 0.4) is 0 Å². The Morgan fingerprint density at radius 2 is 1.95 bits per heavy atom. The highest BCUT2D eigenvalue weighted by Crippen LogP contribution is 2.32. The van der Waals surface area contributed by atoms with E-state index in [1.54, 1.807) is 24.4 Å². The quantitative estimate of drug-likeness (QED) is 0.681. The van der Waals surface area contributed by atoms with E-state index in [-0.39, 0.29) is 12.7 Å². The van der Waals surface area contributed by atoms with Crippen LogP contribution in [0.15, 0.2) is 53.6 Å². The molecule has 0 atom stereocenters. The van der Waals surface area contributed by atoms with Gasteiger partial charge in [0.2, 0.25) is 6.79 Å². The standard InChI is InChI=1S/C17H16N2O3/c20-17(14-8-9-15-16(11-14)22-12-21-15)19-18-10-4-7-13-5-2-1-3-6-13/h1-3,5-6,8-11H,4,7,12H2,(H,19,20)/b18-10-. The minimum atomic E-state index is -0.269. The summed E-state index contributed by atoms with van der Waals surface area (Å²) in [6.45, 7) is 0.193. The Balaban J connectivity index is 1.49. The largest absolute Gasteiger partial charge is 0.454 e. The molecule has 0 saturated carbocycles. The molecule has 1 amide bonds. The zero-order valence-corrected chi connectivity index (χ0v) is 12.0. The van der Waals surface area contributed by atoms with Crippen molar-refractivity contribution in [2.45, 2.75) is 12.8 Å². The summed E-state index contributed by atoms with van der Waals surface area (Å²) >= 11 is 0. The molecule has 22 heavy (non-hydrogen) atoms. The first kappa shape index (κ1) is 14.1. The van der Waals surface area contributed by atoms with Gasteiger partial charge < -0.3 is 9.47 Å². The topological polar surface area (TPSA) is 59.9 Å².